The van der Waals surface area contributed by atoms with E-state index in [1.165, 1.54) is 5.56 Å². The molecular weight excluding hydrogens is 212 g/mol. The molecule has 94 valence electrons. The number of rotatable bonds is 7. The molecule has 0 aliphatic rings. The van der Waals surface area contributed by atoms with Crippen LogP contribution in [0.1, 0.15) is 42.6 Å². The van der Waals surface area contributed by atoms with Crippen LogP contribution in [0.3, 0.4) is 0 Å². The summed E-state index contributed by atoms with van der Waals surface area (Å²) in [4.78, 5) is 11.9. The summed E-state index contributed by atoms with van der Waals surface area (Å²) in [7, 11) is 1.66. The SMILES string of the molecule is COCCCC(=O)c1cccc(CC(C)C)c1. The molecule has 0 unspecified atom stereocenters. The number of hydrogen-bond donors (Lipinski definition) is 0. The molecule has 0 amide bonds. The lowest BCUT2D eigenvalue weighted by atomic mass is 9.98. The van der Waals surface area contributed by atoms with E-state index in [4.69, 9.17) is 4.74 Å². The standard InChI is InChI=1S/C15H22O2/c1-12(2)10-13-6-4-7-14(11-13)15(16)8-5-9-17-3/h4,6-7,11-12H,5,8-10H2,1-3H3. The molecule has 0 aromatic heterocycles. The molecule has 0 heterocycles. The summed E-state index contributed by atoms with van der Waals surface area (Å²) in [5.74, 6) is 0.835. The first kappa shape index (κ1) is 13.9. The van der Waals surface area contributed by atoms with Gasteiger partial charge in [-0.2, -0.15) is 0 Å². The molecule has 0 spiro atoms. The highest BCUT2D eigenvalue weighted by Gasteiger charge is 2.06. The molecule has 2 heteroatoms. The fourth-order valence-electron chi connectivity index (χ4n) is 1.86. The Hall–Kier alpha value is -1.15. The molecule has 1 aromatic carbocycles. The average Bonchev–Trinajstić information content (AvgIpc) is 2.28. The molecular formula is C15H22O2. The highest BCUT2D eigenvalue weighted by atomic mass is 16.5. The molecule has 17 heavy (non-hydrogen) atoms. The molecule has 0 bridgehead atoms. The highest BCUT2D eigenvalue weighted by Crippen LogP contribution is 2.12. The first-order valence-corrected chi connectivity index (χ1v) is 6.24. The molecule has 0 saturated heterocycles. The van der Waals surface area contributed by atoms with Gasteiger partial charge in [0, 0.05) is 25.7 Å². The summed E-state index contributed by atoms with van der Waals surface area (Å²) in [6.07, 6.45) is 2.39. The molecule has 0 saturated carbocycles. The highest BCUT2D eigenvalue weighted by molar-refractivity contribution is 5.96. The van der Waals surface area contributed by atoms with Crippen LogP contribution in [0.2, 0.25) is 0 Å². The summed E-state index contributed by atoms with van der Waals surface area (Å²) in [5.41, 5.74) is 2.08. The molecule has 1 rings (SSSR count). The summed E-state index contributed by atoms with van der Waals surface area (Å²) in [5, 5.41) is 0. The minimum Gasteiger partial charge on any atom is -0.385 e. The van der Waals surface area contributed by atoms with Crippen molar-refractivity contribution in [2.24, 2.45) is 5.92 Å². The van der Waals surface area contributed by atoms with E-state index in [2.05, 4.69) is 19.9 Å². The van der Waals surface area contributed by atoms with Gasteiger partial charge in [0.15, 0.2) is 5.78 Å². The number of methoxy groups -OCH3 is 1. The van der Waals surface area contributed by atoms with E-state index >= 15 is 0 Å². The van der Waals surface area contributed by atoms with Crippen molar-refractivity contribution in [2.75, 3.05) is 13.7 Å². The molecule has 0 fully saturated rings. The number of ketones is 1. The van der Waals surface area contributed by atoms with E-state index in [0.717, 1.165) is 18.4 Å². The van der Waals surface area contributed by atoms with Crippen LogP contribution in [0.5, 0.6) is 0 Å². The predicted molar refractivity (Wildman–Crippen MR) is 70.4 cm³/mol. The van der Waals surface area contributed by atoms with E-state index in [-0.39, 0.29) is 5.78 Å². The Morgan fingerprint density at radius 2 is 2.12 bits per heavy atom. The van der Waals surface area contributed by atoms with Gasteiger partial charge in [-0.1, -0.05) is 32.0 Å². The summed E-state index contributed by atoms with van der Waals surface area (Å²) in [6.45, 7) is 5.03. The summed E-state index contributed by atoms with van der Waals surface area (Å²) >= 11 is 0. The number of hydrogen-bond acceptors (Lipinski definition) is 2. The number of carbonyl (C=O) groups is 1. The summed E-state index contributed by atoms with van der Waals surface area (Å²) < 4.78 is 4.95. The number of ether oxygens (including phenoxy) is 1. The van der Waals surface area contributed by atoms with Gasteiger partial charge in [-0.05, 0) is 30.4 Å². The Kier molecular flexibility index (Phi) is 5.92. The first-order chi connectivity index (χ1) is 8.13. The van der Waals surface area contributed by atoms with E-state index in [9.17, 15) is 4.79 Å². The predicted octanol–water partition coefficient (Wildman–Crippen LogP) is 3.49. The Balaban J connectivity index is 2.60. The minimum atomic E-state index is 0.215. The van der Waals surface area contributed by atoms with Gasteiger partial charge in [0.1, 0.15) is 0 Å². The second-order valence-electron chi connectivity index (χ2n) is 4.82. The Morgan fingerprint density at radius 1 is 1.35 bits per heavy atom. The van der Waals surface area contributed by atoms with Gasteiger partial charge in [-0.15, -0.1) is 0 Å². The Bertz CT molecular complexity index is 356. The van der Waals surface area contributed by atoms with Crippen LogP contribution >= 0.6 is 0 Å². The van der Waals surface area contributed by atoms with Crippen molar-refractivity contribution in [3.63, 3.8) is 0 Å². The van der Waals surface area contributed by atoms with Crippen molar-refractivity contribution >= 4 is 5.78 Å². The normalized spacial score (nSPS) is 10.8. The maximum atomic E-state index is 11.9. The van der Waals surface area contributed by atoms with Crippen LogP contribution < -0.4 is 0 Å². The third-order valence-electron chi connectivity index (χ3n) is 2.65. The van der Waals surface area contributed by atoms with Crippen molar-refractivity contribution < 1.29 is 9.53 Å². The van der Waals surface area contributed by atoms with E-state index in [1.807, 2.05) is 18.2 Å². The monoisotopic (exact) mass is 234 g/mol. The lowest BCUT2D eigenvalue weighted by Crippen LogP contribution is -2.03. The van der Waals surface area contributed by atoms with Crippen LogP contribution in [-0.2, 0) is 11.2 Å². The van der Waals surface area contributed by atoms with E-state index in [1.54, 1.807) is 7.11 Å². The van der Waals surface area contributed by atoms with E-state index in [0.29, 0.717) is 18.9 Å². The van der Waals surface area contributed by atoms with Gasteiger partial charge in [0.25, 0.3) is 0 Å². The maximum absolute atomic E-state index is 11.9. The van der Waals surface area contributed by atoms with Crippen molar-refractivity contribution in [3.8, 4) is 0 Å². The van der Waals surface area contributed by atoms with Gasteiger partial charge in [0.2, 0.25) is 0 Å². The number of Topliss-reactive ketones (excluding diaryl/α,β-unsaturated/α-hetero) is 1. The van der Waals surface area contributed by atoms with Crippen LogP contribution in [0.15, 0.2) is 24.3 Å². The topological polar surface area (TPSA) is 26.3 Å². The van der Waals surface area contributed by atoms with Crippen LogP contribution in [0, 0.1) is 5.92 Å². The molecule has 0 atom stereocenters. The van der Waals surface area contributed by atoms with Gasteiger partial charge >= 0.3 is 0 Å². The largest absolute Gasteiger partial charge is 0.385 e. The van der Waals surface area contributed by atoms with Crippen molar-refractivity contribution in [2.45, 2.75) is 33.1 Å². The zero-order chi connectivity index (χ0) is 12.7. The smallest absolute Gasteiger partial charge is 0.162 e. The zero-order valence-electron chi connectivity index (χ0n) is 11.0. The van der Waals surface area contributed by atoms with Crippen LogP contribution in [0.4, 0.5) is 0 Å². The van der Waals surface area contributed by atoms with Crippen molar-refractivity contribution in [1.29, 1.82) is 0 Å². The molecule has 0 aliphatic heterocycles. The van der Waals surface area contributed by atoms with E-state index < -0.39 is 0 Å². The molecule has 1 aromatic rings. The van der Waals surface area contributed by atoms with Gasteiger partial charge in [-0.3, -0.25) is 4.79 Å². The van der Waals surface area contributed by atoms with Crippen molar-refractivity contribution in [3.05, 3.63) is 35.4 Å². The first-order valence-electron chi connectivity index (χ1n) is 6.24. The minimum absolute atomic E-state index is 0.215. The Labute approximate surface area is 104 Å². The van der Waals surface area contributed by atoms with Gasteiger partial charge in [-0.25, -0.2) is 0 Å². The van der Waals surface area contributed by atoms with Crippen LogP contribution in [0.25, 0.3) is 0 Å². The summed E-state index contributed by atoms with van der Waals surface area (Å²) in [6, 6.07) is 7.99. The molecule has 0 radical (unpaired) electrons. The molecule has 0 aliphatic carbocycles. The lowest BCUT2D eigenvalue weighted by Gasteiger charge is -2.07. The molecule has 2 nitrogen and oxygen atoms in total. The third kappa shape index (κ3) is 5.14. The fraction of sp³-hybridized carbons (Fsp3) is 0.533. The van der Waals surface area contributed by atoms with Crippen molar-refractivity contribution in [1.82, 2.24) is 0 Å². The van der Waals surface area contributed by atoms with Gasteiger partial charge in [0.05, 0.1) is 0 Å². The van der Waals surface area contributed by atoms with Crippen LogP contribution in [-0.4, -0.2) is 19.5 Å². The quantitative estimate of drug-likeness (QED) is 0.533. The number of benzene rings is 1. The third-order valence-corrected chi connectivity index (χ3v) is 2.65. The van der Waals surface area contributed by atoms with Gasteiger partial charge < -0.3 is 4.74 Å². The average molecular weight is 234 g/mol. The second-order valence-corrected chi connectivity index (χ2v) is 4.82. The number of carbonyl (C=O) groups excluding carboxylic acids is 1. The molecule has 0 N–H and O–H groups in total. The second kappa shape index (κ2) is 7.23. The zero-order valence-corrected chi connectivity index (χ0v) is 11.0. The lowest BCUT2D eigenvalue weighted by molar-refractivity contribution is 0.0963. The Morgan fingerprint density at radius 3 is 2.76 bits per heavy atom. The fourth-order valence-corrected chi connectivity index (χ4v) is 1.86. The maximum Gasteiger partial charge on any atom is 0.162 e.